The van der Waals surface area contributed by atoms with Crippen LogP contribution in [0.15, 0.2) is 41.9 Å². The molecule has 0 bridgehead atoms. The molecule has 6 heteroatoms. The molecule has 1 fully saturated rings. The van der Waals surface area contributed by atoms with Gasteiger partial charge in [0.2, 0.25) is 5.91 Å². The fourth-order valence-electron chi connectivity index (χ4n) is 2.95. The van der Waals surface area contributed by atoms with E-state index >= 15 is 0 Å². The number of rotatable bonds is 6. The molecule has 128 valence electrons. The molecule has 2 aromatic rings. The van der Waals surface area contributed by atoms with Crippen LogP contribution in [-0.4, -0.2) is 48.5 Å². The summed E-state index contributed by atoms with van der Waals surface area (Å²) in [6.45, 7) is 6.84. The van der Waals surface area contributed by atoms with E-state index in [1.165, 1.54) is 5.69 Å². The van der Waals surface area contributed by atoms with Gasteiger partial charge in [-0.2, -0.15) is 0 Å². The fourth-order valence-corrected chi connectivity index (χ4v) is 3.60. The zero-order valence-corrected chi connectivity index (χ0v) is 14.8. The van der Waals surface area contributed by atoms with Crippen molar-refractivity contribution < 1.29 is 4.79 Å². The molecule has 24 heavy (non-hydrogen) atoms. The summed E-state index contributed by atoms with van der Waals surface area (Å²) in [7, 11) is 0. The molecule has 0 radical (unpaired) electrons. The van der Waals surface area contributed by atoms with Crippen molar-refractivity contribution >= 4 is 22.9 Å². The van der Waals surface area contributed by atoms with E-state index in [4.69, 9.17) is 0 Å². The summed E-state index contributed by atoms with van der Waals surface area (Å²) in [5.74, 6) is 0.100. The molecular formula is C18H24N4OS. The minimum atomic E-state index is -0.00701. The summed E-state index contributed by atoms with van der Waals surface area (Å²) in [6, 6.07) is 10.5. The summed E-state index contributed by atoms with van der Waals surface area (Å²) >= 11 is 1.58. The van der Waals surface area contributed by atoms with Crippen molar-refractivity contribution in [1.29, 1.82) is 0 Å². The van der Waals surface area contributed by atoms with E-state index in [9.17, 15) is 4.79 Å². The molecular weight excluding hydrogens is 320 g/mol. The number of hydrogen-bond donors (Lipinski definition) is 1. The van der Waals surface area contributed by atoms with Gasteiger partial charge in [0.05, 0.1) is 6.04 Å². The average Bonchev–Trinajstić information content (AvgIpc) is 3.16. The first-order valence-corrected chi connectivity index (χ1v) is 9.31. The number of hydrogen-bond acceptors (Lipinski definition) is 5. The van der Waals surface area contributed by atoms with Crippen molar-refractivity contribution in [2.45, 2.75) is 19.4 Å². The minimum Gasteiger partial charge on any atom is -0.369 e. The van der Waals surface area contributed by atoms with Crippen LogP contribution in [0.3, 0.4) is 0 Å². The van der Waals surface area contributed by atoms with E-state index in [-0.39, 0.29) is 11.9 Å². The van der Waals surface area contributed by atoms with Gasteiger partial charge in [-0.25, -0.2) is 4.98 Å². The number of nitrogens with zero attached hydrogens (tertiary/aromatic N) is 3. The molecule has 5 nitrogen and oxygen atoms in total. The number of nitrogens with one attached hydrogen (secondary N) is 1. The normalized spacial score (nSPS) is 16.8. The lowest BCUT2D eigenvalue weighted by molar-refractivity contribution is -0.122. The molecule has 2 heterocycles. The van der Waals surface area contributed by atoms with Gasteiger partial charge in [-0.3, -0.25) is 9.69 Å². The van der Waals surface area contributed by atoms with Crippen molar-refractivity contribution in [2.24, 2.45) is 0 Å². The van der Waals surface area contributed by atoms with Crippen LogP contribution in [0.5, 0.6) is 0 Å². The smallest absolute Gasteiger partial charge is 0.221 e. The van der Waals surface area contributed by atoms with Crippen LogP contribution in [0.25, 0.3) is 0 Å². The minimum absolute atomic E-state index is 0.00701. The van der Waals surface area contributed by atoms with Crippen molar-refractivity contribution in [3.63, 3.8) is 0 Å². The molecule has 1 amide bonds. The Morgan fingerprint density at radius 2 is 2.00 bits per heavy atom. The Morgan fingerprint density at radius 1 is 1.25 bits per heavy atom. The Labute approximate surface area is 147 Å². The molecule has 1 atom stereocenters. The van der Waals surface area contributed by atoms with Gasteiger partial charge in [0.25, 0.3) is 0 Å². The van der Waals surface area contributed by atoms with Crippen LogP contribution in [0, 0.1) is 0 Å². The maximum Gasteiger partial charge on any atom is 0.221 e. The Bertz CT molecular complexity index is 624. The highest BCUT2D eigenvalue weighted by Crippen LogP contribution is 2.16. The van der Waals surface area contributed by atoms with Crippen molar-refractivity contribution in [1.82, 2.24) is 15.2 Å². The molecule has 0 saturated carbocycles. The first-order chi connectivity index (χ1) is 11.7. The first kappa shape index (κ1) is 16.9. The molecule has 0 spiro atoms. The molecule has 0 aliphatic carbocycles. The third-order valence-corrected chi connectivity index (χ3v) is 5.31. The Hall–Kier alpha value is -1.92. The van der Waals surface area contributed by atoms with Gasteiger partial charge in [0.1, 0.15) is 5.01 Å². The van der Waals surface area contributed by atoms with Crippen LogP contribution in [0.2, 0.25) is 0 Å². The number of carbonyl (C=O) groups is 1. The van der Waals surface area contributed by atoms with Gasteiger partial charge >= 0.3 is 0 Å². The predicted molar refractivity (Wildman–Crippen MR) is 98.4 cm³/mol. The summed E-state index contributed by atoms with van der Waals surface area (Å²) in [6.07, 6.45) is 2.32. The molecule has 1 aliphatic heterocycles. The Balaban J connectivity index is 1.38. The molecule has 3 rings (SSSR count). The maximum atomic E-state index is 12.1. The van der Waals surface area contributed by atoms with E-state index in [1.54, 1.807) is 17.5 Å². The molecule has 0 unspecified atom stereocenters. The lowest BCUT2D eigenvalue weighted by Crippen LogP contribution is -2.47. The van der Waals surface area contributed by atoms with E-state index in [2.05, 4.69) is 44.4 Å². The van der Waals surface area contributed by atoms with Crippen LogP contribution in [-0.2, 0) is 4.79 Å². The van der Waals surface area contributed by atoms with Crippen molar-refractivity contribution in [3.8, 4) is 0 Å². The average molecular weight is 344 g/mol. The van der Waals surface area contributed by atoms with Gasteiger partial charge < -0.3 is 10.2 Å². The summed E-state index contributed by atoms with van der Waals surface area (Å²) < 4.78 is 0. The number of thiazole rings is 1. The van der Waals surface area contributed by atoms with E-state index in [1.807, 2.05) is 18.4 Å². The second-order valence-electron chi connectivity index (χ2n) is 6.07. The summed E-state index contributed by atoms with van der Waals surface area (Å²) in [5.41, 5.74) is 1.28. The van der Waals surface area contributed by atoms with E-state index in [0.717, 1.165) is 37.7 Å². The first-order valence-electron chi connectivity index (χ1n) is 8.43. The number of anilines is 1. The molecule has 1 N–H and O–H groups in total. The third kappa shape index (κ3) is 4.55. The number of amides is 1. The van der Waals surface area contributed by atoms with E-state index in [0.29, 0.717) is 6.42 Å². The van der Waals surface area contributed by atoms with Gasteiger partial charge in [0.15, 0.2) is 0 Å². The Kier molecular flexibility index (Phi) is 5.82. The number of aromatic nitrogens is 1. The molecule has 1 aromatic heterocycles. The highest BCUT2D eigenvalue weighted by molar-refractivity contribution is 7.09. The van der Waals surface area contributed by atoms with Crippen LogP contribution < -0.4 is 10.2 Å². The predicted octanol–water partition coefficient (Wildman–Crippen LogP) is 2.53. The van der Waals surface area contributed by atoms with Gasteiger partial charge in [0, 0.05) is 56.4 Å². The topological polar surface area (TPSA) is 48.5 Å². The second-order valence-corrected chi connectivity index (χ2v) is 7.00. The zero-order chi connectivity index (χ0) is 16.8. The third-order valence-electron chi connectivity index (χ3n) is 4.35. The second kappa shape index (κ2) is 8.26. The standard InChI is InChI=1S/C18H24N4OS/c1-15(18-19-8-14-24-18)20-17(23)7-9-21-10-12-22(13-11-21)16-5-3-2-4-6-16/h2-6,8,14-15H,7,9-13H2,1H3,(H,20,23)/t15-/m0/s1. The largest absolute Gasteiger partial charge is 0.369 e. The maximum absolute atomic E-state index is 12.1. The number of benzene rings is 1. The lowest BCUT2D eigenvalue weighted by Gasteiger charge is -2.36. The summed E-state index contributed by atoms with van der Waals surface area (Å²) in [5, 5.41) is 5.92. The molecule has 1 saturated heterocycles. The lowest BCUT2D eigenvalue weighted by atomic mass is 10.2. The monoisotopic (exact) mass is 344 g/mol. The number of para-hydroxylation sites is 1. The molecule has 1 aromatic carbocycles. The SMILES string of the molecule is C[C@H](NC(=O)CCN1CCN(c2ccccc2)CC1)c1nccs1. The highest BCUT2D eigenvalue weighted by Gasteiger charge is 2.18. The number of carbonyl (C=O) groups excluding carboxylic acids is 1. The van der Waals surface area contributed by atoms with Crippen LogP contribution in [0.4, 0.5) is 5.69 Å². The zero-order valence-electron chi connectivity index (χ0n) is 14.0. The number of piperazine rings is 1. The van der Waals surface area contributed by atoms with E-state index < -0.39 is 0 Å². The Morgan fingerprint density at radius 3 is 2.67 bits per heavy atom. The van der Waals surface area contributed by atoms with Crippen molar-refractivity contribution in [2.75, 3.05) is 37.6 Å². The highest BCUT2D eigenvalue weighted by atomic mass is 32.1. The fraction of sp³-hybridized carbons (Fsp3) is 0.444. The van der Waals surface area contributed by atoms with Gasteiger partial charge in [-0.15, -0.1) is 11.3 Å². The summed E-state index contributed by atoms with van der Waals surface area (Å²) in [4.78, 5) is 21.1. The van der Waals surface area contributed by atoms with Gasteiger partial charge in [-0.05, 0) is 19.1 Å². The van der Waals surface area contributed by atoms with Crippen molar-refractivity contribution in [3.05, 3.63) is 46.9 Å². The van der Waals surface area contributed by atoms with Crippen LogP contribution >= 0.6 is 11.3 Å². The quantitative estimate of drug-likeness (QED) is 0.875. The van der Waals surface area contributed by atoms with Crippen LogP contribution in [0.1, 0.15) is 24.4 Å². The molecule has 1 aliphatic rings. The van der Waals surface area contributed by atoms with Gasteiger partial charge in [-0.1, -0.05) is 18.2 Å².